The van der Waals surface area contributed by atoms with Crippen molar-refractivity contribution in [1.29, 1.82) is 0 Å². The van der Waals surface area contributed by atoms with E-state index in [9.17, 15) is 9.50 Å². The van der Waals surface area contributed by atoms with Crippen LogP contribution in [0, 0.1) is 5.82 Å². The summed E-state index contributed by atoms with van der Waals surface area (Å²) in [5.41, 5.74) is 0.527. The second kappa shape index (κ2) is 5.68. The van der Waals surface area contributed by atoms with Crippen molar-refractivity contribution in [2.24, 2.45) is 0 Å². The van der Waals surface area contributed by atoms with Crippen molar-refractivity contribution in [3.63, 3.8) is 0 Å². The second-order valence-electron chi connectivity index (χ2n) is 5.35. The van der Waals surface area contributed by atoms with Crippen molar-refractivity contribution in [3.05, 3.63) is 34.1 Å². The van der Waals surface area contributed by atoms with E-state index in [1.165, 1.54) is 6.07 Å². The molecule has 1 aliphatic rings. The van der Waals surface area contributed by atoms with E-state index in [1.54, 1.807) is 12.1 Å². The second-order valence-corrected chi connectivity index (χ2v) is 6.21. The first kappa shape index (κ1) is 14.0. The zero-order valence-corrected chi connectivity index (χ0v) is 12.2. The van der Waals surface area contributed by atoms with Crippen LogP contribution < -0.4 is 0 Å². The van der Waals surface area contributed by atoms with Crippen LogP contribution in [0.1, 0.15) is 31.2 Å². The molecule has 2 rings (SSSR count). The normalized spacial score (nSPS) is 18.5. The molecule has 1 fully saturated rings. The molecule has 1 N–H and O–H groups in total. The summed E-state index contributed by atoms with van der Waals surface area (Å²) in [6.07, 6.45) is 4.02. The van der Waals surface area contributed by atoms with Crippen molar-refractivity contribution < 1.29 is 9.50 Å². The largest absolute Gasteiger partial charge is 0.389 e. The van der Waals surface area contributed by atoms with Crippen LogP contribution in [0.4, 0.5) is 4.39 Å². The molecular weight excluding hydrogens is 297 g/mol. The van der Waals surface area contributed by atoms with Gasteiger partial charge in [-0.05, 0) is 53.5 Å². The van der Waals surface area contributed by atoms with Crippen molar-refractivity contribution in [2.75, 3.05) is 13.6 Å². The van der Waals surface area contributed by atoms with Crippen LogP contribution in [0.25, 0.3) is 0 Å². The summed E-state index contributed by atoms with van der Waals surface area (Å²) in [7, 11) is 1.99. The number of halogens is 2. The van der Waals surface area contributed by atoms with Crippen molar-refractivity contribution in [1.82, 2.24) is 4.90 Å². The summed E-state index contributed by atoms with van der Waals surface area (Å²) in [5.74, 6) is -0.240. The predicted molar refractivity (Wildman–Crippen MR) is 73.9 cm³/mol. The maximum absolute atomic E-state index is 13.1. The third-order valence-corrected chi connectivity index (χ3v) is 4.14. The molecule has 0 aliphatic heterocycles. The highest BCUT2D eigenvalue weighted by Crippen LogP contribution is 2.30. The molecule has 0 atom stereocenters. The average Bonchev–Trinajstić information content (AvgIpc) is 2.70. The van der Waals surface area contributed by atoms with Gasteiger partial charge < -0.3 is 5.11 Å². The molecule has 4 heteroatoms. The number of hydrogen-bond acceptors (Lipinski definition) is 2. The van der Waals surface area contributed by atoms with Crippen molar-refractivity contribution in [3.8, 4) is 0 Å². The molecule has 2 nitrogen and oxygen atoms in total. The lowest BCUT2D eigenvalue weighted by Gasteiger charge is -2.28. The summed E-state index contributed by atoms with van der Waals surface area (Å²) in [4.78, 5) is 2.10. The lowest BCUT2D eigenvalue weighted by atomic mass is 10.0. The van der Waals surface area contributed by atoms with Gasteiger partial charge >= 0.3 is 0 Å². The minimum atomic E-state index is -0.522. The SMILES string of the molecule is CN(Cc1ccc(F)c(Br)c1)CC1(O)CCCC1. The lowest BCUT2D eigenvalue weighted by molar-refractivity contribution is 0.0145. The van der Waals surface area contributed by atoms with Gasteiger partial charge in [-0.3, -0.25) is 4.90 Å². The number of likely N-dealkylation sites (N-methyl/N-ethyl adjacent to an activating group) is 1. The molecule has 1 aromatic rings. The third kappa shape index (κ3) is 3.53. The first-order valence-corrected chi connectivity index (χ1v) is 7.13. The minimum Gasteiger partial charge on any atom is -0.389 e. The average molecular weight is 316 g/mol. The Hall–Kier alpha value is -0.450. The van der Waals surface area contributed by atoms with Crippen molar-refractivity contribution in [2.45, 2.75) is 37.8 Å². The Balaban J connectivity index is 1.94. The van der Waals surface area contributed by atoms with E-state index in [4.69, 9.17) is 0 Å². The van der Waals surface area contributed by atoms with E-state index in [-0.39, 0.29) is 5.82 Å². The zero-order chi connectivity index (χ0) is 13.2. The monoisotopic (exact) mass is 315 g/mol. The summed E-state index contributed by atoms with van der Waals surface area (Å²) in [6.45, 7) is 1.41. The third-order valence-electron chi connectivity index (χ3n) is 3.54. The first-order valence-electron chi connectivity index (χ1n) is 6.33. The van der Waals surface area contributed by atoms with Gasteiger partial charge in [-0.25, -0.2) is 4.39 Å². The molecular formula is C14H19BrFNO. The van der Waals surface area contributed by atoms with E-state index < -0.39 is 5.60 Å². The molecule has 1 aliphatic carbocycles. The Labute approximate surface area is 116 Å². The standard InChI is InChI=1S/C14H19BrFNO/c1-17(10-14(18)6-2-3-7-14)9-11-4-5-13(16)12(15)8-11/h4-5,8,18H,2-3,6-7,9-10H2,1H3. The van der Waals surface area contributed by atoms with E-state index in [0.717, 1.165) is 37.8 Å². The van der Waals surface area contributed by atoms with Crippen LogP contribution in [0.15, 0.2) is 22.7 Å². The van der Waals surface area contributed by atoms with Gasteiger partial charge in [-0.15, -0.1) is 0 Å². The Morgan fingerprint density at radius 3 is 2.67 bits per heavy atom. The fourth-order valence-electron chi connectivity index (χ4n) is 2.70. The summed E-state index contributed by atoms with van der Waals surface area (Å²) >= 11 is 3.19. The van der Waals surface area contributed by atoms with Crippen LogP contribution in [-0.2, 0) is 6.54 Å². The van der Waals surface area contributed by atoms with Gasteiger partial charge in [0.05, 0.1) is 10.1 Å². The Kier molecular flexibility index (Phi) is 4.41. The maximum Gasteiger partial charge on any atom is 0.137 e. The number of aliphatic hydroxyl groups is 1. The van der Waals surface area contributed by atoms with Gasteiger partial charge in [0.2, 0.25) is 0 Å². The highest BCUT2D eigenvalue weighted by Gasteiger charge is 2.32. The smallest absolute Gasteiger partial charge is 0.137 e. The number of hydrogen-bond donors (Lipinski definition) is 1. The van der Waals surface area contributed by atoms with Crippen molar-refractivity contribution >= 4 is 15.9 Å². The molecule has 0 heterocycles. The number of nitrogens with zero attached hydrogens (tertiary/aromatic N) is 1. The quantitative estimate of drug-likeness (QED) is 0.921. The van der Waals surface area contributed by atoms with E-state index in [1.807, 2.05) is 7.05 Å². The summed E-state index contributed by atoms with van der Waals surface area (Å²) in [5, 5.41) is 10.3. The Bertz CT molecular complexity index is 418. The van der Waals surface area contributed by atoms with E-state index in [2.05, 4.69) is 20.8 Å². The van der Waals surface area contributed by atoms with Crippen LogP contribution >= 0.6 is 15.9 Å². The molecule has 0 aromatic heterocycles. The molecule has 1 aromatic carbocycles. The van der Waals surface area contributed by atoms with E-state index in [0.29, 0.717) is 11.0 Å². The van der Waals surface area contributed by atoms with Gasteiger partial charge in [0.1, 0.15) is 5.82 Å². The van der Waals surface area contributed by atoms with Gasteiger partial charge in [-0.2, -0.15) is 0 Å². The molecule has 18 heavy (non-hydrogen) atoms. The predicted octanol–water partition coefficient (Wildman–Crippen LogP) is 3.33. The molecule has 0 unspecified atom stereocenters. The molecule has 0 radical (unpaired) electrons. The van der Waals surface area contributed by atoms with Gasteiger partial charge in [-0.1, -0.05) is 18.9 Å². The van der Waals surface area contributed by atoms with Gasteiger partial charge in [0.25, 0.3) is 0 Å². The number of benzene rings is 1. The zero-order valence-electron chi connectivity index (χ0n) is 10.6. The number of rotatable bonds is 4. The van der Waals surface area contributed by atoms with Gasteiger partial charge in [0, 0.05) is 13.1 Å². The van der Waals surface area contributed by atoms with Crippen LogP contribution in [0.5, 0.6) is 0 Å². The minimum absolute atomic E-state index is 0.240. The molecule has 1 saturated carbocycles. The highest BCUT2D eigenvalue weighted by atomic mass is 79.9. The van der Waals surface area contributed by atoms with E-state index >= 15 is 0 Å². The molecule has 0 spiro atoms. The van der Waals surface area contributed by atoms with Gasteiger partial charge in [0.15, 0.2) is 0 Å². The van der Waals surface area contributed by atoms with Crippen LogP contribution in [0.3, 0.4) is 0 Å². The van der Waals surface area contributed by atoms with Crippen LogP contribution in [0.2, 0.25) is 0 Å². The fourth-order valence-corrected chi connectivity index (χ4v) is 3.13. The highest BCUT2D eigenvalue weighted by molar-refractivity contribution is 9.10. The Morgan fingerprint density at radius 2 is 2.06 bits per heavy atom. The molecule has 0 amide bonds. The lowest BCUT2D eigenvalue weighted by Crippen LogP contribution is -2.38. The fraction of sp³-hybridized carbons (Fsp3) is 0.571. The topological polar surface area (TPSA) is 23.5 Å². The molecule has 0 saturated heterocycles. The first-order chi connectivity index (χ1) is 8.48. The Morgan fingerprint density at radius 1 is 1.39 bits per heavy atom. The summed E-state index contributed by atoms with van der Waals surface area (Å²) in [6, 6.07) is 5.05. The van der Waals surface area contributed by atoms with Crippen LogP contribution in [-0.4, -0.2) is 29.2 Å². The molecule has 100 valence electrons. The molecule has 0 bridgehead atoms. The summed E-state index contributed by atoms with van der Waals surface area (Å²) < 4.78 is 13.6. The maximum atomic E-state index is 13.1.